The molecule has 0 fully saturated rings. The van der Waals surface area contributed by atoms with Crippen LogP contribution in [0.2, 0.25) is 0 Å². The Labute approximate surface area is 102 Å². The maximum atomic E-state index is 11.8. The number of aromatic nitrogens is 1. The van der Waals surface area contributed by atoms with Crippen LogP contribution in [0.15, 0.2) is 24.4 Å². The van der Waals surface area contributed by atoms with Crippen molar-refractivity contribution in [3.63, 3.8) is 0 Å². The number of nitrogens with zero attached hydrogens (tertiary/aromatic N) is 1. The number of rotatable bonds is 4. The van der Waals surface area contributed by atoms with E-state index >= 15 is 0 Å². The minimum atomic E-state index is -1.33. The zero-order valence-electron chi connectivity index (χ0n) is 10.7. The van der Waals surface area contributed by atoms with Gasteiger partial charge in [0.25, 0.3) is 0 Å². The average Bonchev–Trinajstić information content (AvgIpc) is 2.29. The van der Waals surface area contributed by atoms with Gasteiger partial charge in [-0.2, -0.15) is 0 Å². The molecule has 0 aliphatic heterocycles. The van der Waals surface area contributed by atoms with E-state index in [4.69, 9.17) is 4.74 Å². The van der Waals surface area contributed by atoms with Crippen LogP contribution in [0.4, 0.5) is 0 Å². The number of aliphatic hydroxyl groups is 1. The van der Waals surface area contributed by atoms with Crippen molar-refractivity contribution in [1.29, 1.82) is 0 Å². The second-order valence-corrected chi connectivity index (χ2v) is 4.61. The number of carbonyl (C=O) groups is 1. The second kappa shape index (κ2) is 5.27. The molecule has 0 spiro atoms. The summed E-state index contributed by atoms with van der Waals surface area (Å²) >= 11 is 0. The Bertz CT molecular complexity index is 374. The molecule has 0 aromatic carbocycles. The minimum absolute atomic E-state index is 0.0422. The number of hydrogen-bond acceptors (Lipinski definition) is 4. The molecule has 0 aliphatic rings. The fourth-order valence-corrected chi connectivity index (χ4v) is 2.10. The molecule has 0 aliphatic carbocycles. The van der Waals surface area contributed by atoms with Crippen molar-refractivity contribution >= 4 is 5.97 Å². The Morgan fingerprint density at radius 1 is 1.47 bits per heavy atom. The normalized spacial score (nSPS) is 16.4. The van der Waals surface area contributed by atoms with Crippen molar-refractivity contribution in [3.8, 4) is 0 Å². The van der Waals surface area contributed by atoms with Gasteiger partial charge in [0, 0.05) is 6.20 Å². The van der Waals surface area contributed by atoms with Crippen molar-refractivity contribution in [1.82, 2.24) is 4.98 Å². The van der Waals surface area contributed by atoms with E-state index in [0.717, 1.165) is 0 Å². The van der Waals surface area contributed by atoms with E-state index in [-0.39, 0.29) is 5.92 Å². The van der Waals surface area contributed by atoms with E-state index in [0.29, 0.717) is 5.69 Å². The highest BCUT2D eigenvalue weighted by atomic mass is 16.5. The van der Waals surface area contributed by atoms with Gasteiger partial charge in [0.05, 0.1) is 18.7 Å². The largest absolute Gasteiger partial charge is 0.469 e. The van der Waals surface area contributed by atoms with Crippen molar-refractivity contribution in [2.45, 2.75) is 26.4 Å². The molecule has 1 heterocycles. The highest BCUT2D eigenvalue weighted by molar-refractivity contribution is 5.74. The molecule has 0 bridgehead atoms. The molecule has 94 valence electrons. The Morgan fingerprint density at radius 2 is 2.12 bits per heavy atom. The molecular formula is C13H19NO3. The second-order valence-electron chi connectivity index (χ2n) is 4.61. The van der Waals surface area contributed by atoms with Gasteiger partial charge in [-0.05, 0) is 25.0 Å². The summed E-state index contributed by atoms with van der Waals surface area (Å²) < 4.78 is 4.75. The molecule has 0 saturated carbocycles. The lowest BCUT2D eigenvalue weighted by Crippen LogP contribution is -2.41. The Morgan fingerprint density at radius 3 is 2.53 bits per heavy atom. The Hall–Kier alpha value is -1.42. The van der Waals surface area contributed by atoms with Crippen LogP contribution in [0.25, 0.3) is 0 Å². The summed E-state index contributed by atoms with van der Waals surface area (Å²) in [6.45, 7) is 5.34. The maximum Gasteiger partial charge on any atom is 0.312 e. The van der Waals surface area contributed by atoms with Crippen LogP contribution in [-0.4, -0.2) is 23.2 Å². The van der Waals surface area contributed by atoms with Crippen LogP contribution in [0.3, 0.4) is 0 Å². The molecule has 4 heteroatoms. The van der Waals surface area contributed by atoms with Crippen molar-refractivity contribution in [2.75, 3.05) is 7.11 Å². The Balaban J connectivity index is 3.13. The van der Waals surface area contributed by atoms with Crippen molar-refractivity contribution in [2.24, 2.45) is 11.8 Å². The lowest BCUT2D eigenvalue weighted by molar-refractivity contribution is -0.159. The van der Waals surface area contributed by atoms with Crippen LogP contribution >= 0.6 is 0 Å². The van der Waals surface area contributed by atoms with Crippen LogP contribution in [0, 0.1) is 11.8 Å². The molecule has 0 saturated heterocycles. The fourth-order valence-electron chi connectivity index (χ4n) is 2.10. The van der Waals surface area contributed by atoms with E-state index in [1.54, 1.807) is 31.3 Å². The molecule has 0 amide bonds. The molecule has 1 aromatic rings. The molecule has 1 aromatic heterocycles. The number of methoxy groups -OCH3 is 1. The Kier molecular flexibility index (Phi) is 4.23. The highest BCUT2D eigenvalue weighted by Crippen LogP contribution is 2.33. The first kappa shape index (κ1) is 13.6. The number of hydrogen-bond donors (Lipinski definition) is 1. The molecule has 2 atom stereocenters. The molecule has 4 nitrogen and oxygen atoms in total. The SMILES string of the molecule is COC(=O)C(C(C)C)C(C)(O)c1ccccn1. The molecule has 0 radical (unpaired) electrons. The summed E-state index contributed by atoms with van der Waals surface area (Å²) in [6, 6.07) is 5.26. The van der Waals surface area contributed by atoms with E-state index < -0.39 is 17.5 Å². The van der Waals surface area contributed by atoms with E-state index in [1.807, 2.05) is 13.8 Å². The molecule has 1 rings (SSSR count). The van der Waals surface area contributed by atoms with Crippen molar-refractivity contribution in [3.05, 3.63) is 30.1 Å². The van der Waals surface area contributed by atoms with Gasteiger partial charge in [-0.1, -0.05) is 19.9 Å². The lowest BCUT2D eigenvalue weighted by atomic mass is 9.78. The third-order valence-electron chi connectivity index (χ3n) is 2.91. The monoisotopic (exact) mass is 237 g/mol. The summed E-state index contributed by atoms with van der Waals surface area (Å²) in [7, 11) is 1.33. The van der Waals surface area contributed by atoms with E-state index in [2.05, 4.69) is 4.98 Å². The quantitative estimate of drug-likeness (QED) is 0.810. The predicted molar refractivity (Wildman–Crippen MR) is 64.2 cm³/mol. The molecule has 2 unspecified atom stereocenters. The summed E-state index contributed by atoms with van der Waals surface area (Å²) in [6.07, 6.45) is 1.60. The number of carbonyl (C=O) groups excluding carboxylic acids is 1. The fraction of sp³-hybridized carbons (Fsp3) is 0.538. The maximum absolute atomic E-state index is 11.8. The van der Waals surface area contributed by atoms with E-state index in [1.165, 1.54) is 7.11 Å². The van der Waals surface area contributed by atoms with Gasteiger partial charge < -0.3 is 9.84 Å². The molecular weight excluding hydrogens is 218 g/mol. The van der Waals surface area contributed by atoms with Crippen molar-refractivity contribution < 1.29 is 14.6 Å². The topological polar surface area (TPSA) is 59.4 Å². The molecule has 17 heavy (non-hydrogen) atoms. The first-order valence-corrected chi connectivity index (χ1v) is 5.63. The van der Waals surface area contributed by atoms with Gasteiger partial charge in [-0.25, -0.2) is 0 Å². The number of esters is 1. The first-order valence-electron chi connectivity index (χ1n) is 5.63. The number of ether oxygens (including phenoxy) is 1. The standard InChI is InChI=1S/C13H19NO3/c1-9(2)11(12(15)17-4)13(3,16)10-7-5-6-8-14-10/h5-9,11,16H,1-4H3. The van der Waals surface area contributed by atoms with Gasteiger partial charge in [-0.15, -0.1) is 0 Å². The lowest BCUT2D eigenvalue weighted by Gasteiger charge is -2.32. The highest BCUT2D eigenvalue weighted by Gasteiger charge is 2.42. The first-order chi connectivity index (χ1) is 7.91. The predicted octanol–water partition coefficient (Wildman–Crippen LogP) is 1.73. The zero-order chi connectivity index (χ0) is 13.1. The average molecular weight is 237 g/mol. The van der Waals surface area contributed by atoms with Gasteiger partial charge >= 0.3 is 5.97 Å². The van der Waals surface area contributed by atoms with Gasteiger partial charge in [0.1, 0.15) is 5.60 Å². The summed E-state index contributed by atoms with van der Waals surface area (Å²) in [5, 5.41) is 10.6. The van der Waals surface area contributed by atoms with Crippen LogP contribution in [0.5, 0.6) is 0 Å². The minimum Gasteiger partial charge on any atom is -0.469 e. The van der Waals surface area contributed by atoms with Gasteiger partial charge in [0.15, 0.2) is 0 Å². The van der Waals surface area contributed by atoms with Crippen LogP contribution < -0.4 is 0 Å². The summed E-state index contributed by atoms with van der Waals surface area (Å²) in [5.74, 6) is -1.10. The van der Waals surface area contributed by atoms with Gasteiger partial charge in [0.2, 0.25) is 0 Å². The third kappa shape index (κ3) is 2.82. The summed E-state index contributed by atoms with van der Waals surface area (Å²) in [5.41, 5.74) is -0.855. The number of pyridine rings is 1. The zero-order valence-corrected chi connectivity index (χ0v) is 10.7. The smallest absolute Gasteiger partial charge is 0.312 e. The van der Waals surface area contributed by atoms with E-state index in [9.17, 15) is 9.90 Å². The van der Waals surface area contributed by atoms with Crippen LogP contribution in [-0.2, 0) is 15.1 Å². The molecule has 1 N–H and O–H groups in total. The van der Waals surface area contributed by atoms with Crippen LogP contribution in [0.1, 0.15) is 26.5 Å². The summed E-state index contributed by atoms with van der Waals surface area (Å²) in [4.78, 5) is 15.9. The third-order valence-corrected chi connectivity index (χ3v) is 2.91. The van der Waals surface area contributed by atoms with Gasteiger partial charge in [-0.3, -0.25) is 9.78 Å².